The van der Waals surface area contributed by atoms with Gasteiger partial charge in [-0.3, -0.25) is 10.1 Å². The van der Waals surface area contributed by atoms with E-state index < -0.39 is 29.7 Å². The zero-order chi connectivity index (χ0) is 23.8. The molecule has 0 radical (unpaired) electrons. The van der Waals surface area contributed by atoms with Crippen LogP contribution < -0.4 is 22.1 Å². The summed E-state index contributed by atoms with van der Waals surface area (Å²) in [5.41, 5.74) is 13.1. The van der Waals surface area contributed by atoms with Gasteiger partial charge in [-0.2, -0.15) is 5.26 Å². The Kier molecular flexibility index (Phi) is 8.81. The van der Waals surface area contributed by atoms with Crippen molar-refractivity contribution in [3.05, 3.63) is 70.8 Å². The van der Waals surface area contributed by atoms with E-state index in [9.17, 15) is 13.6 Å². The van der Waals surface area contributed by atoms with Gasteiger partial charge in [-0.15, -0.1) is 0 Å². The third kappa shape index (κ3) is 7.41. The number of hydrogen-bond acceptors (Lipinski definition) is 5. The van der Waals surface area contributed by atoms with Crippen LogP contribution in [0.2, 0.25) is 0 Å². The number of nitriles is 1. The summed E-state index contributed by atoms with van der Waals surface area (Å²) in [6.45, 7) is 5.93. The number of aliphatic imine (C=N–C) groups is 1. The zero-order valence-electron chi connectivity index (χ0n) is 18.3. The highest BCUT2D eigenvalue weighted by Gasteiger charge is 2.17. The van der Waals surface area contributed by atoms with Gasteiger partial charge < -0.3 is 16.8 Å². The molecular formula is C23H28F2N6O. The van der Waals surface area contributed by atoms with Crippen molar-refractivity contribution in [3.63, 3.8) is 0 Å². The highest BCUT2D eigenvalue weighted by Crippen LogP contribution is 2.18. The number of rotatable bonds is 7. The Balaban J connectivity index is 2.20. The van der Waals surface area contributed by atoms with Gasteiger partial charge in [0.05, 0.1) is 11.6 Å². The zero-order valence-corrected chi connectivity index (χ0v) is 18.3. The molecule has 2 aromatic carbocycles. The number of benzene rings is 2. The van der Waals surface area contributed by atoms with Crippen LogP contribution in [0.3, 0.4) is 0 Å². The molecule has 170 valence electrons. The number of guanidine groups is 1. The summed E-state index contributed by atoms with van der Waals surface area (Å²) >= 11 is 0. The average Bonchev–Trinajstić information content (AvgIpc) is 2.72. The van der Waals surface area contributed by atoms with Crippen molar-refractivity contribution in [1.82, 2.24) is 10.6 Å². The van der Waals surface area contributed by atoms with Crippen molar-refractivity contribution in [3.8, 4) is 6.07 Å². The maximum atomic E-state index is 13.5. The Labute approximate surface area is 186 Å². The van der Waals surface area contributed by atoms with Crippen LogP contribution in [0.4, 0.5) is 8.78 Å². The second-order valence-electron chi connectivity index (χ2n) is 7.91. The number of nitrogens with zero attached hydrogens (tertiary/aromatic N) is 2. The summed E-state index contributed by atoms with van der Waals surface area (Å²) in [7, 11) is 0. The minimum absolute atomic E-state index is 0.0438. The molecule has 0 saturated heterocycles. The Bertz CT molecular complexity index is 998. The summed E-state index contributed by atoms with van der Waals surface area (Å²) in [6.07, 6.45) is -0.770. The van der Waals surface area contributed by atoms with Gasteiger partial charge in [0.1, 0.15) is 17.8 Å². The molecule has 0 saturated carbocycles. The molecule has 32 heavy (non-hydrogen) atoms. The highest BCUT2D eigenvalue weighted by molar-refractivity contribution is 6.05. The fraction of sp³-hybridized carbons (Fsp3) is 0.348. The van der Waals surface area contributed by atoms with Crippen molar-refractivity contribution in [2.45, 2.75) is 45.4 Å². The topological polar surface area (TPSA) is 129 Å². The Morgan fingerprint density at radius 3 is 2.38 bits per heavy atom. The number of carbonyl (C=O) groups excluding carboxylic acids is 1. The number of amides is 1. The van der Waals surface area contributed by atoms with Gasteiger partial charge in [-0.05, 0) is 48.7 Å². The lowest BCUT2D eigenvalue weighted by molar-refractivity contribution is 0.0975. The predicted molar refractivity (Wildman–Crippen MR) is 119 cm³/mol. The third-order valence-corrected chi connectivity index (χ3v) is 4.95. The molecule has 3 unspecified atom stereocenters. The number of nitrogens with one attached hydrogen (secondary N) is 2. The molecule has 0 aliphatic heterocycles. The van der Waals surface area contributed by atoms with E-state index in [1.807, 2.05) is 26.8 Å². The van der Waals surface area contributed by atoms with Crippen LogP contribution in [-0.2, 0) is 0 Å². The first kappa shape index (κ1) is 24.9. The van der Waals surface area contributed by atoms with E-state index in [2.05, 4.69) is 15.6 Å². The monoisotopic (exact) mass is 442 g/mol. The van der Waals surface area contributed by atoms with Crippen molar-refractivity contribution in [2.75, 3.05) is 0 Å². The van der Waals surface area contributed by atoms with Crippen molar-refractivity contribution in [1.29, 1.82) is 5.26 Å². The predicted octanol–water partition coefficient (Wildman–Crippen LogP) is 2.93. The summed E-state index contributed by atoms with van der Waals surface area (Å²) < 4.78 is 27.0. The lowest BCUT2D eigenvalue weighted by atomic mass is 10.0. The highest BCUT2D eigenvalue weighted by atomic mass is 19.1. The molecular weight excluding hydrogens is 414 g/mol. The van der Waals surface area contributed by atoms with Crippen LogP contribution in [0.5, 0.6) is 0 Å². The first-order chi connectivity index (χ1) is 15.1. The fourth-order valence-corrected chi connectivity index (χ4v) is 2.80. The normalized spacial score (nSPS) is 14.4. The first-order valence-electron chi connectivity index (χ1n) is 10.2. The van der Waals surface area contributed by atoms with Gasteiger partial charge in [0.25, 0.3) is 5.91 Å². The van der Waals surface area contributed by atoms with E-state index in [0.29, 0.717) is 5.56 Å². The second kappa shape index (κ2) is 11.3. The average molecular weight is 443 g/mol. The SMILES string of the molecule is CC(C)C(C)NC(=NC(N)CC(N)c1cc(F)cc(F)c1)NC(=O)c1cccc(C#N)c1. The van der Waals surface area contributed by atoms with E-state index in [4.69, 9.17) is 16.7 Å². The standard InChI is InChI=1S/C23H28F2N6O/c1-13(2)14(3)29-23(31-22(32)16-6-4-5-15(7-16)12-26)30-21(28)11-20(27)17-8-18(24)10-19(25)9-17/h4-10,13-14,20-21H,11,27-28H2,1-3H3,(H2,29,30,31,32). The molecule has 3 atom stereocenters. The third-order valence-electron chi connectivity index (χ3n) is 4.95. The van der Waals surface area contributed by atoms with E-state index in [1.54, 1.807) is 18.2 Å². The lowest BCUT2D eigenvalue weighted by Crippen LogP contribution is -2.47. The van der Waals surface area contributed by atoms with Crippen LogP contribution in [0.1, 0.15) is 54.7 Å². The van der Waals surface area contributed by atoms with E-state index in [1.165, 1.54) is 6.07 Å². The minimum Gasteiger partial charge on any atom is -0.353 e. The fourth-order valence-electron chi connectivity index (χ4n) is 2.80. The molecule has 0 fully saturated rings. The van der Waals surface area contributed by atoms with Gasteiger partial charge in [0.15, 0.2) is 5.96 Å². The van der Waals surface area contributed by atoms with E-state index in [-0.39, 0.29) is 35.5 Å². The van der Waals surface area contributed by atoms with E-state index >= 15 is 0 Å². The maximum Gasteiger partial charge on any atom is 0.257 e. The summed E-state index contributed by atoms with van der Waals surface area (Å²) in [5, 5.41) is 14.8. The van der Waals surface area contributed by atoms with Gasteiger partial charge in [-0.1, -0.05) is 19.9 Å². The molecule has 0 aliphatic rings. The maximum absolute atomic E-state index is 13.5. The van der Waals surface area contributed by atoms with Gasteiger partial charge in [-0.25, -0.2) is 13.8 Å². The quantitative estimate of drug-likeness (QED) is 0.387. The molecule has 0 heterocycles. The Morgan fingerprint density at radius 1 is 1.12 bits per heavy atom. The van der Waals surface area contributed by atoms with Crippen LogP contribution in [0, 0.1) is 28.9 Å². The molecule has 6 N–H and O–H groups in total. The van der Waals surface area contributed by atoms with Gasteiger partial charge in [0, 0.05) is 30.1 Å². The Morgan fingerprint density at radius 2 is 1.78 bits per heavy atom. The molecule has 7 nitrogen and oxygen atoms in total. The molecule has 0 aliphatic carbocycles. The molecule has 9 heteroatoms. The number of carbonyl (C=O) groups is 1. The smallest absolute Gasteiger partial charge is 0.257 e. The summed E-state index contributed by atoms with van der Waals surface area (Å²) in [5.74, 6) is -1.55. The molecule has 2 rings (SSSR count). The van der Waals surface area contributed by atoms with Crippen molar-refractivity contribution in [2.24, 2.45) is 22.4 Å². The molecule has 0 aromatic heterocycles. The van der Waals surface area contributed by atoms with Crippen LogP contribution >= 0.6 is 0 Å². The van der Waals surface area contributed by atoms with Gasteiger partial charge >= 0.3 is 0 Å². The molecule has 1 amide bonds. The number of halogens is 2. The van der Waals surface area contributed by atoms with Gasteiger partial charge in [0.2, 0.25) is 0 Å². The largest absolute Gasteiger partial charge is 0.353 e. The minimum atomic E-state index is -0.857. The van der Waals surface area contributed by atoms with E-state index in [0.717, 1.165) is 18.2 Å². The number of nitrogens with two attached hydrogens (primary N) is 2. The molecule has 0 spiro atoms. The first-order valence-corrected chi connectivity index (χ1v) is 10.2. The lowest BCUT2D eigenvalue weighted by Gasteiger charge is -2.22. The number of hydrogen-bond donors (Lipinski definition) is 4. The van der Waals surface area contributed by atoms with Crippen LogP contribution in [0.15, 0.2) is 47.5 Å². The van der Waals surface area contributed by atoms with Crippen LogP contribution in [0.25, 0.3) is 0 Å². The summed E-state index contributed by atoms with van der Waals surface area (Å²) in [6, 6.07) is 10.5. The van der Waals surface area contributed by atoms with Crippen molar-refractivity contribution < 1.29 is 13.6 Å². The second-order valence-corrected chi connectivity index (χ2v) is 7.91. The Hall–Kier alpha value is -3.35. The molecule has 2 aromatic rings. The summed E-state index contributed by atoms with van der Waals surface area (Å²) in [4.78, 5) is 17.0. The van der Waals surface area contributed by atoms with Crippen LogP contribution in [-0.4, -0.2) is 24.1 Å². The molecule has 0 bridgehead atoms. The van der Waals surface area contributed by atoms with Crippen molar-refractivity contribution >= 4 is 11.9 Å².